The van der Waals surface area contributed by atoms with E-state index in [1.165, 1.54) is 6.07 Å². The molecule has 3 aliphatic rings. The van der Waals surface area contributed by atoms with Crippen molar-refractivity contribution in [2.45, 2.75) is 58.3 Å². The molecule has 0 spiro atoms. The Morgan fingerprint density at radius 1 is 1.10 bits per heavy atom. The van der Waals surface area contributed by atoms with E-state index in [2.05, 4.69) is 30.7 Å². The zero-order valence-corrected chi connectivity index (χ0v) is 24.7. The van der Waals surface area contributed by atoms with E-state index in [9.17, 15) is 9.59 Å². The number of carbonyl (C=O) groups is 2. The van der Waals surface area contributed by atoms with Crippen molar-refractivity contribution in [3.05, 3.63) is 40.7 Å². The number of anilines is 1. The number of ether oxygens (including phenoxy) is 2. The van der Waals surface area contributed by atoms with Crippen LogP contribution in [0.1, 0.15) is 45.0 Å². The third-order valence-corrected chi connectivity index (χ3v) is 8.15. The van der Waals surface area contributed by atoms with Gasteiger partial charge in [-0.15, -0.1) is 0 Å². The van der Waals surface area contributed by atoms with E-state index in [1.54, 1.807) is 28.0 Å². The fourth-order valence-electron chi connectivity index (χ4n) is 5.57. The molecule has 1 unspecified atom stereocenters. The molecule has 5 rings (SSSR count). The molecule has 3 atom stereocenters. The van der Waals surface area contributed by atoms with E-state index in [1.807, 2.05) is 20.8 Å². The van der Waals surface area contributed by atoms with Gasteiger partial charge >= 0.3 is 6.09 Å². The zero-order valence-electron chi connectivity index (χ0n) is 23.9. The van der Waals surface area contributed by atoms with Gasteiger partial charge in [0.1, 0.15) is 34.4 Å². The number of amides is 2. The second-order valence-electron chi connectivity index (χ2n) is 12.0. The fraction of sp³-hybridized carbons (Fsp3) is 0.552. The Kier molecular flexibility index (Phi) is 7.60. The van der Waals surface area contributed by atoms with E-state index < -0.39 is 23.6 Å². The maximum absolute atomic E-state index is 15.0. The molecule has 0 bridgehead atoms. The van der Waals surface area contributed by atoms with Gasteiger partial charge in [0.2, 0.25) is 0 Å². The fourth-order valence-corrected chi connectivity index (χ4v) is 5.87. The van der Waals surface area contributed by atoms with Gasteiger partial charge in [-0.2, -0.15) is 0 Å². The summed E-state index contributed by atoms with van der Waals surface area (Å²) in [7, 11) is 2.07. The molecule has 9 nitrogen and oxygen atoms in total. The summed E-state index contributed by atoms with van der Waals surface area (Å²) in [5.41, 5.74) is 0.117. The summed E-state index contributed by atoms with van der Waals surface area (Å²) in [6, 6.07) is 6.13. The minimum absolute atomic E-state index is 0.0308. The molecular formula is C29H37ClFN5O4. The van der Waals surface area contributed by atoms with Gasteiger partial charge in [-0.3, -0.25) is 9.69 Å². The minimum atomic E-state index is -0.631. The van der Waals surface area contributed by atoms with Crippen molar-refractivity contribution in [2.24, 2.45) is 0 Å². The number of piperazine rings is 2. The number of pyridine rings is 1. The highest BCUT2D eigenvalue weighted by molar-refractivity contribution is 6.35. The Labute approximate surface area is 239 Å². The van der Waals surface area contributed by atoms with Crippen LogP contribution in [-0.4, -0.2) is 102 Å². The van der Waals surface area contributed by atoms with Crippen molar-refractivity contribution in [1.82, 2.24) is 19.7 Å². The summed E-state index contributed by atoms with van der Waals surface area (Å²) >= 11 is 6.88. The molecule has 216 valence electrons. The average molecular weight is 574 g/mol. The van der Waals surface area contributed by atoms with E-state index in [-0.39, 0.29) is 58.7 Å². The maximum Gasteiger partial charge on any atom is 0.410 e. The van der Waals surface area contributed by atoms with Crippen LogP contribution in [0, 0.1) is 5.82 Å². The second-order valence-corrected chi connectivity index (χ2v) is 12.3. The quantitative estimate of drug-likeness (QED) is 0.522. The lowest BCUT2D eigenvalue weighted by molar-refractivity contribution is 0.000952. The van der Waals surface area contributed by atoms with Crippen LogP contribution in [0.25, 0.3) is 11.3 Å². The van der Waals surface area contributed by atoms with E-state index in [4.69, 9.17) is 26.1 Å². The first-order valence-electron chi connectivity index (χ1n) is 13.7. The van der Waals surface area contributed by atoms with E-state index in [0.29, 0.717) is 25.5 Å². The standard InChI is InChI=1S/C29H37ClFN5O4/c1-17-14-36(18(2)13-33(17)6)26-22-25(23(30)24(32-26)20-9-7-8-10-21(20)31)39-16-19-15-34(11-12-35(19)27(22)37)28(38)40-29(3,4)5/h7-10,17-19H,11-16H2,1-6H3/t17-,18-,19?/m0/s1. The highest BCUT2D eigenvalue weighted by Gasteiger charge is 2.42. The van der Waals surface area contributed by atoms with Crippen LogP contribution in [0.15, 0.2) is 24.3 Å². The molecule has 3 aliphatic heterocycles. The summed E-state index contributed by atoms with van der Waals surface area (Å²) in [4.78, 5) is 39.7. The molecule has 1 aromatic carbocycles. The summed E-state index contributed by atoms with van der Waals surface area (Å²) in [5.74, 6) is -0.0881. The summed E-state index contributed by atoms with van der Waals surface area (Å²) in [6.07, 6.45) is -0.427. The van der Waals surface area contributed by atoms with Crippen molar-refractivity contribution in [3.63, 3.8) is 0 Å². The van der Waals surface area contributed by atoms with E-state index in [0.717, 1.165) is 6.54 Å². The first-order valence-corrected chi connectivity index (χ1v) is 14.1. The van der Waals surface area contributed by atoms with Crippen LogP contribution in [0.4, 0.5) is 15.0 Å². The zero-order chi connectivity index (χ0) is 28.9. The van der Waals surface area contributed by atoms with Gasteiger partial charge in [0.25, 0.3) is 5.91 Å². The number of carbonyl (C=O) groups excluding carboxylic acids is 2. The topological polar surface area (TPSA) is 78.5 Å². The monoisotopic (exact) mass is 573 g/mol. The number of halogens is 2. The molecular weight excluding hydrogens is 537 g/mol. The van der Waals surface area contributed by atoms with Gasteiger partial charge in [0.15, 0.2) is 5.75 Å². The van der Waals surface area contributed by atoms with Crippen LogP contribution >= 0.6 is 11.6 Å². The van der Waals surface area contributed by atoms with E-state index >= 15 is 4.39 Å². The number of fused-ring (bicyclic) bond motifs is 2. The number of hydrogen-bond donors (Lipinski definition) is 0. The molecule has 2 saturated heterocycles. The summed E-state index contributed by atoms with van der Waals surface area (Å²) in [5, 5.41) is 0.0934. The normalized spacial score (nSPS) is 23.8. The highest BCUT2D eigenvalue weighted by atomic mass is 35.5. The molecule has 0 radical (unpaired) electrons. The van der Waals surface area contributed by atoms with Gasteiger partial charge in [0, 0.05) is 50.4 Å². The number of nitrogens with zero attached hydrogens (tertiary/aromatic N) is 5. The molecule has 2 amide bonds. The number of benzene rings is 1. The van der Waals surface area contributed by atoms with Crippen LogP contribution in [-0.2, 0) is 4.74 Å². The average Bonchev–Trinajstić information content (AvgIpc) is 3.03. The number of rotatable bonds is 2. The molecule has 2 fully saturated rings. The molecule has 0 aliphatic carbocycles. The SMILES string of the molecule is C[C@H]1CN(c2nc(-c3ccccc3F)c(Cl)c3c2C(=O)N2CCN(C(=O)OC(C)(C)C)CC2CO3)[C@@H](C)CN1C. The first-order chi connectivity index (χ1) is 18.9. The largest absolute Gasteiger partial charge is 0.489 e. The molecule has 2 aromatic rings. The lowest BCUT2D eigenvalue weighted by Crippen LogP contribution is -2.58. The Balaban J connectivity index is 1.58. The Morgan fingerprint density at radius 3 is 2.52 bits per heavy atom. The minimum Gasteiger partial charge on any atom is -0.489 e. The lowest BCUT2D eigenvalue weighted by Gasteiger charge is -2.44. The second kappa shape index (κ2) is 10.7. The number of likely N-dealkylation sites (N-methyl/N-ethyl adjacent to an activating group) is 1. The van der Waals surface area contributed by atoms with Crippen molar-refractivity contribution >= 4 is 29.4 Å². The van der Waals surface area contributed by atoms with Crippen LogP contribution < -0.4 is 9.64 Å². The molecule has 11 heteroatoms. The maximum atomic E-state index is 15.0. The smallest absolute Gasteiger partial charge is 0.410 e. The third kappa shape index (κ3) is 5.31. The Bertz CT molecular complexity index is 1320. The summed E-state index contributed by atoms with van der Waals surface area (Å²) < 4.78 is 26.9. The lowest BCUT2D eigenvalue weighted by atomic mass is 10.0. The predicted octanol–water partition coefficient (Wildman–Crippen LogP) is 4.52. The van der Waals surface area contributed by atoms with Gasteiger partial charge in [-0.25, -0.2) is 14.2 Å². The van der Waals surface area contributed by atoms with Crippen molar-refractivity contribution in [1.29, 1.82) is 0 Å². The molecule has 0 saturated carbocycles. The molecule has 1 aromatic heterocycles. The van der Waals surface area contributed by atoms with Gasteiger partial charge in [0.05, 0.1) is 11.7 Å². The van der Waals surface area contributed by atoms with Gasteiger partial charge in [-0.05, 0) is 53.8 Å². The Morgan fingerprint density at radius 2 is 1.82 bits per heavy atom. The Hall–Kier alpha value is -3.11. The molecule has 0 N–H and O–H groups in total. The first kappa shape index (κ1) is 28.4. The van der Waals surface area contributed by atoms with Gasteiger partial charge in [-0.1, -0.05) is 23.7 Å². The van der Waals surface area contributed by atoms with Crippen LogP contribution in [0.2, 0.25) is 5.02 Å². The van der Waals surface area contributed by atoms with Crippen molar-refractivity contribution < 1.29 is 23.5 Å². The predicted molar refractivity (Wildman–Crippen MR) is 152 cm³/mol. The third-order valence-electron chi connectivity index (χ3n) is 7.80. The number of hydrogen-bond acceptors (Lipinski definition) is 7. The van der Waals surface area contributed by atoms with Gasteiger partial charge < -0.3 is 24.2 Å². The van der Waals surface area contributed by atoms with Crippen LogP contribution in [0.3, 0.4) is 0 Å². The van der Waals surface area contributed by atoms with Crippen LogP contribution in [0.5, 0.6) is 5.75 Å². The van der Waals surface area contributed by atoms with Crippen molar-refractivity contribution in [2.75, 3.05) is 51.3 Å². The molecule has 4 heterocycles. The summed E-state index contributed by atoms with van der Waals surface area (Å²) in [6.45, 7) is 12.1. The highest BCUT2D eigenvalue weighted by Crippen LogP contribution is 2.44. The number of aromatic nitrogens is 1. The molecule has 40 heavy (non-hydrogen) atoms. The van der Waals surface area contributed by atoms with Crippen molar-refractivity contribution in [3.8, 4) is 17.0 Å².